The molecule has 1 saturated carbocycles. The maximum atomic E-state index is 13.6. The van der Waals surface area contributed by atoms with Gasteiger partial charge in [0.15, 0.2) is 17.5 Å². The largest absolute Gasteiger partial charge is 0.494 e. The Kier molecular flexibility index (Phi) is 7.13. The number of ether oxygens (including phenoxy) is 2. The zero-order valence-corrected chi connectivity index (χ0v) is 13.9. The predicted molar refractivity (Wildman–Crippen MR) is 89.3 cm³/mol. The van der Waals surface area contributed by atoms with Crippen LogP contribution in [0.3, 0.4) is 0 Å². The first-order chi connectivity index (χ1) is 11.2. The van der Waals surface area contributed by atoms with E-state index >= 15 is 0 Å². The van der Waals surface area contributed by atoms with Crippen molar-refractivity contribution in [3.8, 4) is 5.75 Å². The highest BCUT2D eigenvalue weighted by atomic mass is 19.1. The van der Waals surface area contributed by atoms with E-state index in [2.05, 4.69) is 15.6 Å². The molecule has 0 amide bonds. The molecule has 0 unspecified atom stereocenters. The highest BCUT2D eigenvalue weighted by molar-refractivity contribution is 5.79. The quantitative estimate of drug-likeness (QED) is 0.416. The Labute approximate surface area is 137 Å². The molecular formula is C17H26FN3O2. The molecular weight excluding hydrogens is 297 g/mol. The van der Waals surface area contributed by atoms with Crippen LogP contribution in [0.1, 0.15) is 24.8 Å². The van der Waals surface area contributed by atoms with Gasteiger partial charge in [-0.3, -0.25) is 4.99 Å². The molecule has 0 aliphatic heterocycles. The summed E-state index contributed by atoms with van der Waals surface area (Å²) in [7, 11) is 3.17. The number of nitrogens with zero attached hydrogens (tertiary/aromatic N) is 1. The van der Waals surface area contributed by atoms with E-state index in [1.165, 1.54) is 26.0 Å². The van der Waals surface area contributed by atoms with Gasteiger partial charge in [-0.25, -0.2) is 4.39 Å². The minimum absolute atomic E-state index is 0.252. The Balaban J connectivity index is 1.62. The van der Waals surface area contributed by atoms with Crippen molar-refractivity contribution in [3.05, 3.63) is 29.6 Å². The average molecular weight is 323 g/mol. The van der Waals surface area contributed by atoms with Crippen molar-refractivity contribution >= 4 is 5.96 Å². The SMILES string of the molecule is CN=C(NCCCOCC1CC1)NCc1ccc(OC)c(F)c1. The molecule has 2 rings (SSSR count). The molecule has 5 nitrogen and oxygen atoms in total. The zero-order chi connectivity index (χ0) is 16.5. The van der Waals surface area contributed by atoms with Crippen LogP contribution in [0.4, 0.5) is 4.39 Å². The minimum atomic E-state index is -0.359. The van der Waals surface area contributed by atoms with Crippen molar-refractivity contribution in [2.24, 2.45) is 10.9 Å². The summed E-state index contributed by atoms with van der Waals surface area (Å²) in [6, 6.07) is 4.92. The molecule has 0 radical (unpaired) electrons. The van der Waals surface area contributed by atoms with Crippen molar-refractivity contribution in [2.75, 3.05) is 33.9 Å². The van der Waals surface area contributed by atoms with Crippen LogP contribution in [-0.2, 0) is 11.3 Å². The summed E-state index contributed by atoms with van der Waals surface area (Å²) in [4.78, 5) is 4.15. The van der Waals surface area contributed by atoms with E-state index in [0.717, 1.165) is 37.7 Å². The fourth-order valence-electron chi connectivity index (χ4n) is 2.14. The van der Waals surface area contributed by atoms with Crippen LogP contribution in [0.25, 0.3) is 0 Å². The van der Waals surface area contributed by atoms with E-state index in [0.29, 0.717) is 12.5 Å². The van der Waals surface area contributed by atoms with Gasteiger partial charge in [0.2, 0.25) is 0 Å². The Bertz CT molecular complexity index is 519. The number of aliphatic imine (C=N–C) groups is 1. The third kappa shape index (κ3) is 6.44. The van der Waals surface area contributed by atoms with Gasteiger partial charge in [0.1, 0.15) is 0 Å². The first kappa shape index (κ1) is 17.5. The number of methoxy groups -OCH3 is 1. The second kappa shape index (κ2) is 9.35. The Morgan fingerprint density at radius 2 is 2.17 bits per heavy atom. The summed E-state index contributed by atoms with van der Waals surface area (Å²) >= 11 is 0. The van der Waals surface area contributed by atoms with Gasteiger partial charge < -0.3 is 20.1 Å². The lowest BCUT2D eigenvalue weighted by molar-refractivity contribution is 0.123. The smallest absolute Gasteiger partial charge is 0.191 e. The Hall–Kier alpha value is -1.82. The molecule has 6 heteroatoms. The molecule has 23 heavy (non-hydrogen) atoms. The number of hydrogen-bond donors (Lipinski definition) is 2. The maximum absolute atomic E-state index is 13.6. The lowest BCUT2D eigenvalue weighted by Crippen LogP contribution is -2.37. The predicted octanol–water partition coefficient (Wildman–Crippen LogP) is 2.32. The van der Waals surface area contributed by atoms with Crippen LogP contribution in [0.2, 0.25) is 0 Å². The topological polar surface area (TPSA) is 54.9 Å². The van der Waals surface area contributed by atoms with Gasteiger partial charge in [0.25, 0.3) is 0 Å². The van der Waals surface area contributed by atoms with E-state index in [1.807, 2.05) is 6.07 Å². The lowest BCUT2D eigenvalue weighted by Gasteiger charge is -2.12. The first-order valence-electron chi connectivity index (χ1n) is 8.07. The van der Waals surface area contributed by atoms with Gasteiger partial charge in [-0.15, -0.1) is 0 Å². The van der Waals surface area contributed by atoms with Gasteiger partial charge >= 0.3 is 0 Å². The van der Waals surface area contributed by atoms with Gasteiger partial charge in [-0.2, -0.15) is 0 Å². The normalized spacial score (nSPS) is 14.7. The Morgan fingerprint density at radius 3 is 2.83 bits per heavy atom. The summed E-state index contributed by atoms with van der Waals surface area (Å²) in [5.74, 6) is 1.40. The van der Waals surface area contributed by atoms with Crippen LogP contribution in [-0.4, -0.2) is 39.9 Å². The van der Waals surface area contributed by atoms with Crippen LogP contribution in [0, 0.1) is 11.7 Å². The zero-order valence-electron chi connectivity index (χ0n) is 13.9. The molecule has 1 aromatic carbocycles. The van der Waals surface area contributed by atoms with Crippen LogP contribution in [0.15, 0.2) is 23.2 Å². The van der Waals surface area contributed by atoms with E-state index < -0.39 is 0 Å². The summed E-state index contributed by atoms with van der Waals surface area (Å²) in [5.41, 5.74) is 0.832. The second-order valence-corrected chi connectivity index (χ2v) is 5.69. The monoisotopic (exact) mass is 323 g/mol. The molecule has 1 aliphatic rings. The molecule has 0 atom stereocenters. The van der Waals surface area contributed by atoms with Crippen molar-refractivity contribution in [3.63, 3.8) is 0 Å². The fourth-order valence-corrected chi connectivity index (χ4v) is 2.14. The molecule has 0 bridgehead atoms. The standard InChI is InChI=1S/C17H26FN3O2/c1-19-17(20-8-3-9-23-12-13-4-5-13)21-11-14-6-7-16(22-2)15(18)10-14/h6-7,10,13H,3-5,8-9,11-12H2,1-2H3,(H2,19,20,21). The second-order valence-electron chi connectivity index (χ2n) is 5.69. The molecule has 1 aromatic rings. The van der Waals surface area contributed by atoms with Gasteiger partial charge in [-0.1, -0.05) is 6.07 Å². The minimum Gasteiger partial charge on any atom is -0.494 e. The van der Waals surface area contributed by atoms with Gasteiger partial charge in [0.05, 0.1) is 7.11 Å². The van der Waals surface area contributed by atoms with Crippen LogP contribution >= 0.6 is 0 Å². The van der Waals surface area contributed by atoms with E-state index in [-0.39, 0.29) is 11.6 Å². The number of guanidine groups is 1. The molecule has 0 spiro atoms. The first-order valence-corrected chi connectivity index (χ1v) is 8.07. The van der Waals surface area contributed by atoms with Gasteiger partial charge in [0, 0.05) is 33.4 Å². The van der Waals surface area contributed by atoms with Crippen molar-refractivity contribution < 1.29 is 13.9 Å². The summed E-state index contributed by atoms with van der Waals surface area (Å²) in [6.45, 7) is 2.96. The molecule has 2 N–H and O–H groups in total. The summed E-state index contributed by atoms with van der Waals surface area (Å²) in [6.07, 6.45) is 3.58. The van der Waals surface area contributed by atoms with Crippen molar-refractivity contribution in [2.45, 2.75) is 25.8 Å². The van der Waals surface area contributed by atoms with Crippen molar-refractivity contribution in [1.29, 1.82) is 0 Å². The third-order valence-electron chi connectivity index (χ3n) is 3.71. The van der Waals surface area contributed by atoms with E-state index in [1.54, 1.807) is 13.1 Å². The third-order valence-corrected chi connectivity index (χ3v) is 3.71. The van der Waals surface area contributed by atoms with E-state index in [4.69, 9.17) is 9.47 Å². The molecule has 0 heterocycles. The number of hydrogen-bond acceptors (Lipinski definition) is 3. The van der Waals surface area contributed by atoms with Crippen LogP contribution < -0.4 is 15.4 Å². The summed E-state index contributed by atoms with van der Waals surface area (Å²) in [5, 5.41) is 6.38. The molecule has 0 aromatic heterocycles. The number of benzene rings is 1. The average Bonchev–Trinajstić information content (AvgIpc) is 3.38. The maximum Gasteiger partial charge on any atom is 0.191 e. The lowest BCUT2D eigenvalue weighted by atomic mass is 10.2. The van der Waals surface area contributed by atoms with Crippen molar-refractivity contribution in [1.82, 2.24) is 10.6 Å². The number of rotatable bonds is 9. The Morgan fingerprint density at radius 1 is 1.35 bits per heavy atom. The highest BCUT2D eigenvalue weighted by Crippen LogP contribution is 2.28. The number of halogens is 1. The number of nitrogens with one attached hydrogen (secondary N) is 2. The molecule has 128 valence electrons. The highest BCUT2D eigenvalue weighted by Gasteiger charge is 2.20. The van der Waals surface area contributed by atoms with E-state index in [9.17, 15) is 4.39 Å². The van der Waals surface area contributed by atoms with Gasteiger partial charge in [-0.05, 0) is 42.9 Å². The summed E-state index contributed by atoms with van der Waals surface area (Å²) < 4.78 is 24.1. The molecule has 1 aliphatic carbocycles. The molecule has 0 saturated heterocycles. The van der Waals surface area contributed by atoms with Crippen LogP contribution in [0.5, 0.6) is 5.75 Å². The molecule has 1 fully saturated rings. The fraction of sp³-hybridized carbons (Fsp3) is 0.588.